The van der Waals surface area contributed by atoms with Gasteiger partial charge in [0.2, 0.25) is 0 Å². The third-order valence-corrected chi connectivity index (χ3v) is 2.94. The van der Waals surface area contributed by atoms with Crippen molar-refractivity contribution in [1.82, 2.24) is 15.3 Å². The van der Waals surface area contributed by atoms with Gasteiger partial charge >= 0.3 is 0 Å². The summed E-state index contributed by atoms with van der Waals surface area (Å²) in [5.41, 5.74) is 0.977. The molecule has 0 fully saturated rings. The maximum Gasteiger partial charge on any atom is 0.119 e. The van der Waals surface area contributed by atoms with Crippen LogP contribution in [0.3, 0.4) is 0 Å². The van der Waals surface area contributed by atoms with E-state index in [0.717, 1.165) is 24.3 Å². The van der Waals surface area contributed by atoms with Crippen LogP contribution in [-0.4, -0.2) is 23.6 Å². The molecule has 0 radical (unpaired) electrons. The Morgan fingerprint density at radius 1 is 1.21 bits per heavy atom. The minimum absolute atomic E-state index is 0.230. The van der Waals surface area contributed by atoms with Crippen LogP contribution in [0.5, 0.6) is 5.75 Å². The quantitative estimate of drug-likeness (QED) is 0.774. The van der Waals surface area contributed by atoms with Gasteiger partial charge in [0.1, 0.15) is 5.75 Å². The van der Waals surface area contributed by atoms with Crippen molar-refractivity contribution in [2.24, 2.45) is 0 Å². The zero-order chi connectivity index (χ0) is 13.3. The van der Waals surface area contributed by atoms with Gasteiger partial charge in [-0.15, -0.1) is 0 Å². The first-order valence-electron chi connectivity index (χ1n) is 6.51. The first-order chi connectivity index (χ1) is 9.40. The maximum atomic E-state index is 5.67. The van der Waals surface area contributed by atoms with Crippen LogP contribution in [0.1, 0.15) is 24.6 Å². The SMILES string of the molecule is CNC(CCCOc1ccccc1)c1cnccn1. The Labute approximate surface area is 113 Å². The summed E-state index contributed by atoms with van der Waals surface area (Å²) in [6, 6.07) is 10.1. The fourth-order valence-electron chi connectivity index (χ4n) is 1.92. The number of ether oxygens (including phenoxy) is 1. The Balaban J connectivity index is 1.75. The Bertz CT molecular complexity index is 461. The van der Waals surface area contributed by atoms with Gasteiger partial charge in [0.15, 0.2) is 0 Å². The molecule has 0 spiro atoms. The van der Waals surface area contributed by atoms with Crippen LogP contribution in [0.2, 0.25) is 0 Å². The summed E-state index contributed by atoms with van der Waals surface area (Å²) < 4.78 is 5.67. The van der Waals surface area contributed by atoms with Crippen LogP contribution in [0.15, 0.2) is 48.9 Å². The van der Waals surface area contributed by atoms with Crippen molar-refractivity contribution in [3.63, 3.8) is 0 Å². The highest BCUT2D eigenvalue weighted by atomic mass is 16.5. The molecule has 100 valence electrons. The van der Waals surface area contributed by atoms with Gasteiger partial charge in [-0.05, 0) is 32.0 Å². The number of hydrogen-bond donors (Lipinski definition) is 1. The summed E-state index contributed by atoms with van der Waals surface area (Å²) in [6.07, 6.45) is 7.16. The topological polar surface area (TPSA) is 47.0 Å². The Morgan fingerprint density at radius 2 is 2.05 bits per heavy atom. The molecule has 0 aliphatic carbocycles. The maximum absolute atomic E-state index is 5.67. The van der Waals surface area contributed by atoms with Gasteiger partial charge < -0.3 is 10.1 Å². The minimum atomic E-state index is 0.230. The largest absolute Gasteiger partial charge is 0.494 e. The predicted octanol–water partition coefficient (Wildman–Crippen LogP) is 2.60. The number of para-hydroxylation sites is 1. The standard InChI is InChI=1S/C15H19N3O/c1-16-14(15-12-17-9-10-18-15)8-5-11-19-13-6-3-2-4-7-13/h2-4,6-7,9-10,12,14,16H,5,8,11H2,1H3. The minimum Gasteiger partial charge on any atom is -0.494 e. The molecule has 0 aliphatic rings. The number of rotatable bonds is 7. The number of nitrogens with zero attached hydrogens (tertiary/aromatic N) is 2. The van der Waals surface area contributed by atoms with Gasteiger partial charge in [0.25, 0.3) is 0 Å². The van der Waals surface area contributed by atoms with E-state index < -0.39 is 0 Å². The van der Waals surface area contributed by atoms with Crippen LogP contribution in [-0.2, 0) is 0 Å². The lowest BCUT2D eigenvalue weighted by molar-refractivity contribution is 0.297. The number of benzene rings is 1. The number of aromatic nitrogens is 2. The zero-order valence-electron chi connectivity index (χ0n) is 11.1. The van der Waals surface area contributed by atoms with Crippen molar-refractivity contribution in [3.05, 3.63) is 54.6 Å². The van der Waals surface area contributed by atoms with E-state index in [0.29, 0.717) is 6.61 Å². The monoisotopic (exact) mass is 257 g/mol. The fourth-order valence-corrected chi connectivity index (χ4v) is 1.92. The first-order valence-corrected chi connectivity index (χ1v) is 6.51. The summed E-state index contributed by atoms with van der Waals surface area (Å²) in [5, 5.41) is 3.26. The van der Waals surface area contributed by atoms with Crippen molar-refractivity contribution in [3.8, 4) is 5.75 Å². The molecular formula is C15H19N3O. The van der Waals surface area contributed by atoms with Gasteiger partial charge in [-0.1, -0.05) is 18.2 Å². The van der Waals surface area contributed by atoms with E-state index in [2.05, 4.69) is 15.3 Å². The molecule has 0 aliphatic heterocycles. The predicted molar refractivity (Wildman–Crippen MR) is 75.0 cm³/mol. The zero-order valence-corrected chi connectivity index (χ0v) is 11.1. The van der Waals surface area contributed by atoms with Gasteiger partial charge in [-0.2, -0.15) is 0 Å². The van der Waals surface area contributed by atoms with Gasteiger partial charge in [-0.25, -0.2) is 0 Å². The highest BCUT2D eigenvalue weighted by Crippen LogP contribution is 2.15. The van der Waals surface area contributed by atoms with E-state index in [1.54, 1.807) is 18.6 Å². The fraction of sp³-hybridized carbons (Fsp3) is 0.333. The summed E-state index contributed by atoms with van der Waals surface area (Å²) in [7, 11) is 1.94. The molecule has 0 saturated carbocycles. The van der Waals surface area contributed by atoms with Crippen molar-refractivity contribution >= 4 is 0 Å². The summed E-state index contributed by atoms with van der Waals surface area (Å²) in [5.74, 6) is 0.919. The third-order valence-electron chi connectivity index (χ3n) is 2.94. The molecule has 0 saturated heterocycles. The summed E-state index contributed by atoms with van der Waals surface area (Å²) in [6.45, 7) is 0.711. The second-order valence-corrected chi connectivity index (χ2v) is 4.28. The molecule has 4 nitrogen and oxygen atoms in total. The van der Waals surface area contributed by atoms with E-state index in [-0.39, 0.29) is 6.04 Å². The average molecular weight is 257 g/mol. The molecule has 1 aromatic carbocycles. The Hall–Kier alpha value is -1.94. The molecule has 2 aromatic rings. The van der Waals surface area contributed by atoms with E-state index in [4.69, 9.17) is 4.74 Å². The lowest BCUT2D eigenvalue weighted by Crippen LogP contribution is -2.18. The molecular weight excluding hydrogens is 238 g/mol. The van der Waals surface area contributed by atoms with Crippen LogP contribution in [0, 0.1) is 0 Å². The summed E-state index contributed by atoms with van der Waals surface area (Å²) >= 11 is 0. The van der Waals surface area contributed by atoms with Crippen LogP contribution in [0.4, 0.5) is 0 Å². The lowest BCUT2D eigenvalue weighted by Gasteiger charge is -2.15. The smallest absolute Gasteiger partial charge is 0.119 e. The average Bonchev–Trinajstić information content (AvgIpc) is 2.49. The van der Waals surface area contributed by atoms with E-state index in [1.165, 1.54) is 0 Å². The Kier molecular flexibility index (Phi) is 5.31. The molecule has 0 amide bonds. The number of nitrogens with one attached hydrogen (secondary N) is 1. The first kappa shape index (κ1) is 13.5. The molecule has 1 N–H and O–H groups in total. The molecule has 1 atom stereocenters. The van der Waals surface area contributed by atoms with Crippen molar-refractivity contribution in [2.75, 3.05) is 13.7 Å². The molecule has 1 heterocycles. The third kappa shape index (κ3) is 4.34. The van der Waals surface area contributed by atoms with Crippen LogP contribution < -0.4 is 10.1 Å². The Morgan fingerprint density at radius 3 is 2.74 bits per heavy atom. The molecule has 1 aromatic heterocycles. The molecule has 0 bridgehead atoms. The lowest BCUT2D eigenvalue weighted by atomic mass is 10.1. The van der Waals surface area contributed by atoms with Gasteiger partial charge in [-0.3, -0.25) is 9.97 Å². The number of hydrogen-bond acceptors (Lipinski definition) is 4. The normalized spacial score (nSPS) is 12.1. The van der Waals surface area contributed by atoms with Crippen molar-refractivity contribution in [1.29, 1.82) is 0 Å². The summed E-state index contributed by atoms with van der Waals surface area (Å²) in [4.78, 5) is 8.42. The molecule has 2 rings (SSSR count). The van der Waals surface area contributed by atoms with Crippen molar-refractivity contribution in [2.45, 2.75) is 18.9 Å². The molecule has 19 heavy (non-hydrogen) atoms. The van der Waals surface area contributed by atoms with E-state index in [1.807, 2.05) is 37.4 Å². The second kappa shape index (κ2) is 7.48. The van der Waals surface area contributed by atoms with E-state index >= 15 is 0 Å². The van der Waals surface area contributed by atoms with Crippen molar-refractivity contribution < 1.29 is 4.74 Å². The van der Waals surface area contributed by atoms with Gasteiger partial charge in [0.05, 0.1) is 18.3 Å². The molecule has 1 unspecified atom stereocenters. The highest BCUT2D eigenvalue weighted by Gasteiger charge is 2.09. The van der Waals surface area contributed by atoms with Crippen LogP contribution in [0.25, 0.3) is 0 Å². The second-order valence-electron chi connectivity index (χ2n) is 4.28. The highest BCUT2D eigenvalue weighted by molar-refractivity contribution is 5.20. The molecule has 4 heteroatoms. The van der Waals surface area contributed by atoms with Gasteiger partial charge in [0, 0.05) is 18.6 Å². The van der Waals surface area contributed by atoms with E-state index in [9.17, 15) is 0 Å². The van der Waals surface area contributed by atoms with Crippen LogP contribution >= 0.6 is 0 Å².